The summed E-state index contributed by atoms with van der Waals surface area (Å²) in [5.74, 6) is -0.215. The summed E-state index contributed by atoms with van der Waals surface area (Å²) in [6, 6.07) is 11.1. The number of nitrogens with one attached hydrogen (secondary N) is 1. The van der Waals surface area contributed by atoms with E-state index in [2.05, 4.69) is 31.1 Å². The van der Waals surface area contributed by atoms with Crippen molar-refractivity contribution in [2.24, 2.45) is 0 Å². The molecule has 0 bridgehead atoms. The number of nitrogens with zero attached hydrogens (tertiary/aromatic N) is 1. The molecule has 4 heteroatoms. The van der Waals surface area contributed by atoms with Gasteiger partial charge in [-0.25, -0.2) is 0 Å². The van der Waals surface area contributed by atoms with Crippen LogP contribution in [0.1, 0.15) is 48.4 Å². The number of aromatic nitrogens is 1. The third kappa shape index (κ3) is 4.15. The van der Waals surface area contributed by atoms with E-state index < -0.39 is 6.10 Å². The van der Waals surface area contributed by atoms with Crippen LogP contribution in [0.25, 0.3) is 0 Å². The van der Waals surface area contributed by atoms with Crippen LogP contribution < -0.4 is 5.32 Å². The van der Waals surface area contributed by atoms with Crippen LogP contribution in [-0.4, -0.2) is 22.5 Å². The molecule has 1 aromatic heterocycles. The number of pyridine rings is 1. The summed E-state index contributed by atoms with van der Waals surface area (Å²) in [5, 5.41) is 12.9. The van der Waals surface area contributed by atoms with Crippen molar-refractivity contribution in [3.05, 3.63) is 65.5 Å². The van der Waals surface area contributed by atoms with Crippen LogP contribution in [0.5, 0.6) is 0 Å². The Bertz CT molecular complexity index is 616. The summed E-state index contributed by atoms with van der Waals surface area (Å²) >= 11 is 0. The number of carbonyl (C=O) groups is 1. The lowest BCUT2D eigenvalue weighted by Gasteiger charge is -2.20. The monoisotopic (exact) mass is 298 g/mol. The number of aliphatic hydroxyl groups excluding tert-OH is 1. The van der Waals surface area contributed by atoms with Gasteiger partial charge in [0.15, 0.2) is 0 Å². The fraction of sp³-hybridized carbons (Fsp3) is 0.333. The predicted molar refractivity (Wildman–Crippen MR) is 86.7 cm³/mol. The first-order valence-electron chi connectivity index (χ1n) is 7.34. The number of carbonyl (C=O) groups excluding carboxylic acids is 1. The van der Waals surface area contributed by atoms with Gasteiger partial charge < -0.3 is 10.4 Å². The van der Waals surface area contributed by atoms with Crippen molar-refractivity contribution in [3.8, 4) is 0 Å². The van der Waals surface area contributed by atoms with E-state index in [1.165, 1.54) is 5.56 Å². The van der Waals surface area contributed by atoms with Crippen molar-refractivity contribution in [1.82, 2.24) is 10.3 Å². The van der Waals surface area contributed by atoms with E-state index in [4.69, 9.17) is 0 Å². The minimum atomic E-state index is -0.722. The largest absolute Gasteiger partial charge is 0.387 e. The number of rotatable bonds is 4. The van der Waals surface area contributed by atoms with Gasteiger partial charge in [0.25, 0.3) is 5.91 Å². The molecule has 0 fully saturated rings. The molecular formula is C18H22N2O2. The molecule has 0 spiro atoms. The van der Waals surface area contributed by atoms with E-state index in [-0.39, 0.29) is 17.9 Å². The van der Waals surface area contributed by atoms with Gasteiger partial charge in [-0.15, -0.1) is 0 Å². The fourth-order valence-electron chi connectivity index (χ4n) is 2.12. The van der Waals surface area contributed by atoms with Gasteiger partial charge in [0.1, 0.15) is 0 Å². The van der Waals surface area contributed by atoms with Crippen LogP contribution in [0.3, 0.4) is 0 Å². The van der Waals surface area contributed by atoms with Gasteiger partial charge in [0.05, 0.1) is 6.10 Å². The predicted octanol–water partition coefficient (Wildman–Crippen LogP) is 2.84. The molecule has 1 unspecified atom stereocenters. The molecule has 0 aliphatic carbocycles. The van der Waals surface area contributed by atoms with Gasteiger partial charge in [-0.05, 0) is 28.7 Å². The Hall–Kier alpha value is -2.20. The van der Waals surface area contributed by atoms with Crippen LogP contribution in [0, 0.1) is 0 Å². The topological polar surface area (TPSA) is 62.2 Å². The molecule has 1 amide bonds. The number of amides is 1. The summed E-state index contributed by atoms with van der Waals surface area (Å²) in [7, 11) is 0. The second-order valence-corrected chi connectivity index (χ2v) is 6.33. The summed E-state index contributed by atoms with van der Waals surface area (Å²) < 4.78 is 0. The minimum Gasteiger partial charge on any atom is -0.387 e. The average Bonchev–Trinajstić information content (AvgIpc) is 2.52. The highest BCUT2D eigenvalue weighted by molar-refractivity contribution is 5.93. The standard InChI is InChI=1S/C18H22N2O2/c1-18(2,3)15-6-4-13(5-7-15)16(21)12-20-17(22)14-8-10-19-11-9-14/h4-11,16,21H,12H2,1-3H3,(H,20,22). The van der Waals surface area contributed by atoms with Crippen molar-refractivity contribution in [1.29, 1.82) is 0 Å². The summed E-state index contributed by atoms with van der Waals surface area (Å²) in [6.45, 7) is 6.62. The maximum Gasteiger partial charge on any atom is 0.251 e. The first-order valence-corrected chi connectivity index (χ1v) is 7.34. The first kappa shape index (κ1) is 16.2. The molecule has 0 saturated heterocycles. The zero-order valence-corrected chi connectivity index (χ0v) is 13.2. The maximum atomic E-state index is 11.9. The van der Waals surface area contributed by atoms with Crippen LogP contribution in [0.15, 0.2) is 48.8 Å². The van der Waals surface area contributed by atoms with Gasteiger partial charge in [-0.3, -0.25) is 9.78 Å². The molecule has 2 aromatic rings. The van der Waals surface area contributed by atoms with Crippen LogP contribution in [-0.2, 0) is 5.41 Å². The normalized spacial score (nSPS) is 12.7. The van der Waals surface area contributed by atoms with Crippen LogP contribution in [0.2, 0.25) is 0 Å². The second-order valence-electron chi connectivity index (χ2n) is 6.33. The average molecular weight is 298 g/mol. The molecule has 0 aliphatic heterocycles. The van der Waals surface area contributed by atoms with E-state index in [1.807, 2.05) is 24.3 Å². The van der Waals surface area contributed by atoms with Crippen molar-refractivity contribution in [2.75, 3.05) is 6.54 Å². The Morgan fingerprint density at radius 1 is 1.14 bits per heavy atom. The molecule has 1 atom stereocenters. The molecule has 1 heterocycles. The van der Waals surface area contributed by atoms with E-state index in [0.29, 0.717) is 5.56 Å². The molecule has 2 N–H and O–H groups in total. The zero-order valence-electron chi connectivity index (χ0n) is 13.2. The highest BCUT2D eigenvalue weighted by Crippen LogP contribution is 2.23. The molecular weight excluding hydrogens is 276 g/mol. The Morgan fingerprint density at radius 2 is 1.73 bits per heavy atom. The number of aliphatic hydroxyl groups is 1. The quantitative estimate of drug-likeness (QED) is 0.912. The van der Waals surface area contributed by atoms with Crippen molar-refractivity contribution in [3.63, 3.8) is 0 Å². The fourth-order valence-corrected chi connectivity index (χ4v) is 2.12. The van der Waals surface area contributed by atoms with Crippen molar-refractivity contribution in [2.45, 2.75) is 32.3 Å². The van der Waals surface area contributed by atoms with Gasteiger partial charge in [-0.2, -0.15) is 0 Å². The molecule has 2 rings (SSSR count). The third-order valence-corrected chi connectivity index (χ3v) is 3.56. The lowest BCUT2D eigenvalue weighted by atomic mass is 9.86. The van der Waals surface area contributed by atoms with Crippen LogP contribution >= 0.6 is 0 Å². The first-order chi connectivity index (χ1) is 10.4. The van der Waals surface area contributed by atoms with Crippen molar-refractivity contribution < 1.29 is 9.90 Å². The van der Waals surface area contributed by atoms with Crippen molar-refractivity contribution >= 4 is 5.91 Å². The Balaban J connectivity index is 1.95. The zero-order chi connectivity index (χ0) is 16.2. The number of benzene rings is 1. The lowest BCUT2D eigenvalue weighted by molar-refractivity contribution is 0.0916. The Kier molecular flexibility index (Phi) is 4.93. The summed E-state index contributed by atoms with van der Waals surface area (Å²) in [5.41, 5.74) is 2.62. The molecule has 0 saturated carbocycles. The molecule has 0 aliphatic rings. The SMILES string of the molecule is CC(C)(C)c1ccc(C(O)CNC(=O)c2ccncc2)cc1. The number of hydrogen-bond acceptors (Lipinski definition) is 3. The summed E-state index contributed by atoms with van der Waals surface area (Å²) in [6.07, 6.45) is 2.41. The lowest BCUT2D eigenvalue weighted by Crippen LogP contribution is -2.28. The number of hydrogen-bond donors (Lipinski definition) is 2. The third-order valence-electron chi connectivity index (χ3n) is 3.56. The highest BCUT2D eigenvalue weighted by Gasteiger charge is 2.15. The molecule has 116 valence electrons. The second kappa shape index (κ2) is 6.71. The van der Waals surface area contributed by atoms with Gasteiger partial charge in [0, 0.05) is 24.5 Å². The molecule has 4 nitrogen and oxygen atoms in total. The molecule has 1 aromatic carbocycles. The van der Waals surface area contributed by atoms with Gasteiger partial charge in [-0.1, -0.05) is 45.0 Å². The van der Waals surface area contributed by atoms with Gasteiger partial charge in [0.2, 0.25) is 0 Å². The highest BCUT2D eigenvalue weighted by atomic mass is 16.3. The van der Waals surface area contributed by atoms with E-state index in [0.717, 1.165) is 5.56 Å². The van der Waals surface area contributed by atoms with Crippen LogP contribution in [0.4, 0.5) is 0 Å². The van der Waals surface area contributed by atoms with Gasteiger partial charge >= 0.3 is 0 Å². The van der Waals surface area contributed by atoms with E-state index in [9.17, 15) is 9.90 Å². The summed E-state index contributed by atoms with van der Waals surface area (Å²) in [4.78, 5) is 15.8. The maximum absolute atomic E-state index is 11.9. The van der Waals surface area contributed by atoms with E-state index >= 15 is 0 Å². The minimum absolute atomic E-state index is 0.0824. The Labute approximate surface area is 131 Å². The van der Waals surface area contributed by atoms with E-state index in [1.54, 1.807) is 24.5 Å². The molecule has 0 radical (unpaired) electrons. The smallest absolute Gasteiger partial charge is 0.251 e. The molecule has 22 heavy (non-hydrogen) atoms. The Morgan fingerprint density at radius 3 is 2.27 bits per heavy atom.